The number of fused-ring (bicyclic) bond motifs is 1. The van der Waals surface area contributed by atoms with Crippen LogP contribution >= 0.6 is 17.0 Å². The maximum Gasteiger partial charge on any atom is 0.113 e. The highest BCUT2D eigenvalue weighted by atomic mass is 79.9. The molecule has 0 aliphatic heterocycles. The second kappa shape index (κ2) is 5.99. The Kier molecular flexibility index (Phi) is 4.93. The number of halogens is 1. The highest BCUT2D eigenvalue weighted by Crippen LogP contribution is 2.21. The van der Waals surface area contributed by atoms with Crippen molar-refractivity contribution in [3.8, 4) is 0 Å². The lowest BCUT2D eigenvalue weighted by Crippen LogP contribution is -2.09. The van der Waals surface area contributed by atoms with Crippen molar-refractivity contribution in [3.05, 3.63) is 24.3 Å². The van der Waals surface area contributed by atoms with Gasteiger partial charge in [-0.25, -0.2) is 4.68 Å². The topological polar surface area (TPSA) is 30.7 Å². The summed E-state index contributed by atoms with van der Waals surface area (Å²) in [6.45, 7) is 4.42. The van der Waals surface area contributed by atoms with Gasteiger partial charge in [0.15, 0.2) is 0 Å². The van der Waals surface area contributed by atoms with Crippen molar-refractivity contribution < 1.29 is 0 Å². The van der Waals surface area contributed by atoms with Gasteiger partial charge in [-0.2, -0.15) is 0 Å². The molecule has 0 aliphatic carbocycles. The summed E-state index contributed by atoms with van der Waals surface area (Å²) in [6, 6.07) is 8.64. The van der Waals surface area contributed by atoms with Crippen molar-refractivity contribution in [1.82, 2.24) is 15.0 Å². The number of aromatic nitrogens is 3. The Morgan fingerprint density at radius 2 is 2.00 bits per heavy atom. The minimum absolute atomic E-state index is 0. The number of hydrogen-bond donors (Lipinski definition) is 0. The van der Waals surface area contributed by atoms with E-state index in [4.69, 9.17) is 0 Å². The van der Waals surface area contributed by atoms with Crippen LogP contribution in [0.15, 0.2) is 24.3 Å². The fourth-order valence-electron chi connectivity index (χ4n) is 1.99. The molecule has 0 amide bonds. The van der Waals surface area contributed by atoms with E-state index in [9.17, 15) is 0 Å². The zero-order chi connectivity index (χ0) is 10.7. The number of hydrogen-bond acceptors (Lipinski definition) is 2. The number of nitrogens with zero attached hydrogens (tertiary/aromatic N) is 3. The summed E-state index contributed by atoms with van der Waals surface area (Å²) in [5, 5.41) is 8.43. The predicted molar refractivity (Wildman–Crippen MR) is 72.1 cm³/mol. The van der Waals surface area contributed by atoms with Crippen LogP contribution in [0.4, 0.5) is 0 Å². The van der Waals surface area contributed by atoms with Gasteiger partial charge in [-0.3, -0.25) is 0 Å². The standard InChI is InChI=1S/C12H17N3.BrH/c1-3-7-10(4-2)15-12-9-6-5-8-11(12)13-14-15;/h5-6,8-10H,3-4,7H2,1-2H3;1H. The average Bonchev–Trinajstić information content (AvgIpc) is 2.70. The maximum absolute atomic E-state index is 4.25. The van der Waals surface area contributed by atoms with Crippen LogP contribution in [-0.4, -0.2) is 15.0 Å². The molecule has 2 aromatic rings. The summed E-state index contributed by atoms with van der Waals surface area (Å²) in [7, 11) is 0. The Bertz CT molecular complexity index is 439. The first kappa shape index (κ1) is 13.2. The largest absolute Gasteiger partial charge is 0.242 e. The summed E-state index contributed by atoms with van der Waals surface area (Å²) in [4.78, 5) is 0. The Hall–Kier alpha value is -0.900. The summed E-state index contributed by atoms with van der Waals surface area (Å²) in [5.74, 6) is 0. The van der Waals surface area contributed by atoms with Crippen molar-refractivity contribution in [2.45, 2.75) is 39.2 Å². The Balaban J connectivity index is 0.00000128. The van der Waals surface area contributed by atoms with Crippen molar-refractivity contribution in [1.29, 1.82) is 0 Å². The van der Waals surface area contributed by atoms with E-state index in [0.717, 1.165) is 17.5 Å². The molecule has 0 radical (unpaired) electrons. The Morgan fingerprint density at radius 3 is 2.69 bits per heavy atom. The molecule has 1 atom stereocenters. The molecule has 1 unspecified atom stereocenters. The molecule has 1 aromatic carbocycles. The van der Waals surface area contributed by atoms with Crippen LogP contribution in [0.5, 0.6) is 0 Å². The monoisotopic (exact) mass is 283 g/mol. The predicted octanol–water partition coefficient (Wildman–Crippen LogP) is 3.76. The Morgan fingerprint density at radius 1 is 1.25 bits per heavy atom. The maximum atomic E-state index is 4.25. The number of para-hydroxylation sites is 1. The third-order valence-corrected chi connectivity index (χ3v) is 2.82. The molecule has 0 spiro atoms. The zero-order valence-corrected chi connectivity index (χ0v) is 11.5. The first-order valence-electron chi connectivity index (χ1n) is 5.66. The highest BCUT2D eigenvalue weighted by molar-refractivity contribution is 8.93. The quantitative estimate of drug-likeness (QED) is 0.855. The van der Waals surface area contributed by atoms with E-state index in [2.05, 4.69) is 34.9 Å². The van der Waals surface area contributed by atoms with Crippen molar-refractivity contribution in [2.75, 3.05) is 0 Å². The van der Waals surface area contributed by atoms with Gasteiger partial charge < -0.3 is 0 Å². The molecular formula is C12H18BrN3. The van der Waals surface area contributed by atoms with E-state index < -0.39 is 0 Å². The van der Waals surface area contributed by atoms with Gasteiger partial charge in [-0.15, -0.1) is 22.1 Å². The summed E-state index contributed by atoms with van der Waals surface area (Å²) in [5.41, 5.74) is 2.14. The smallest absolute Gasteiger partial charge is 0.113 e. The zero-order valence-electron chi connectivity index (χ0n) is 9.76. The van der Waals surface area contributed by atoms with Gasteiger partial charge in [-0.1, -0.05) is 37.6 Å². The lowest BCUT2D eigenvalue weighted by atomic mass is 10.1. The van der Waals surface area contributed by atoms with E-state index in [1.54, 1.807) is 0 Å². The van der Waals surface area contributed by atoms with Gasteiger partial charge in [0.05, 0.1) is 11.6 Å². The van der Waals surface area contributed by atoms with Crippen LogP contribution in [0.1, 0.15) is 39.2 Å². The molecule has 4 heteroatoms. The molecular weight excluding hydrogens is 266 g/mol. The van der Waals surface area contributed by atoms with E-state index in [1.165, 1.54) is 12.8 Å². The fraction of sp³-hybridized carbons (Fsp3) is 0.500. The first-order valence-corrected chi connectivity index (χ1v) is 5.66. The van der Waals surface area contributed by atoms with E-state index >= 15 is 0 Å². The minimum Gasteiger partial charge on any atom is -0.242 e. The third-order valence-electron chi connectivity index (χ3n) is 2.82. The van der Waals surface area contributed by atoms with Crippen LogP contribution < -0.4 is 0 Å². The fourth-order valence-corrected chi connectivity index (χ4v) is 1.99. The molecule has 2 rings (SSSR count). The molecule has 0 fully saturated rings. The van der Waals surface area contributed by atoms with Gasteiger partial charge in [0.1, 0.15) is 5.52 Å². The van der Waals surface area contributed by atoms with Gasteiger partial charge in [-0.05, 0) is 25.0 Å². The molecule has 0 bridgehead atoms. The molecule has 3 nitrogen and oxygen atoms in total. The first-order chi connectivity index (χ1) is 7.36. The van der Waals surface area contributed by atoms with Crippen molar-refractivity contribution in [2.24, 2.45) is 0 Å². The summed E-state index contributed by atoms with van der Waals surface area (Å²) < 4.78 is 2.07. The van der Waals surface area contributed by atoms with E-state index in [-0.39, 0.29) is 17.0 Å². The Labute approximate surface area is 107 Å². The van der Waals surface area contributed by atoms with Gasteiger partial charge >= 0.3 is 0 Å². The van der Waals surface area contributed by atoms with E-state index in [0.29, 0.717) is 6.04 Å². The molecule has 1 aromatic heterocycles. The lowest BCUT2D eigenvalue weighted by Gasteiger charge is -2.14. The second-order valence-corrected chi connectivity index (χ2v) is 3.87. The molecule has 0 saturated heterocycles. The van der Waals surface area contributed by atoms with E-state index in [1.807, 2.05) is 18.2 Å². The molecule has 1 heterocycles. The molecule has 0 saturated carbocycles. The molecule has 0 aliphatic rings. The van der Waals surface area contributed by atoms with Crippen molar-refractivity contribution >= 4 is 28.0 Å². The van der Waals surface area contributed by atoms with Crippen LogP contribution in [0.25, 0.3) is 11.0 Å². The molecule has 88 valence electrons. The molecule has 0 N–H and O–H groups in total. The average molecular weight is 284 g/mol. The SMILES string of the molecule is Br.CCCC(CC)n1nnc2ccccc21. The van der Waals surface area contributed by atoms with Gasteiger partial charge in [0.25, 0.3) is 0 Å². The van der Waals surface area contributed by atoms with Gasteiger partial charge in [0.2, 0.25) is 0 Å². The minimum atomic E-state index is 0. The third kappa shape index (κ3) is 2.43. The number of rotatable bonds is 4. The number of benzene rings is 1. The van der Waals surface area contributed by atoms with Crippen LogP contribution in [0.2, 0.25) is 0 Å². The summed E-state index contributed by atoms with van der Waals surface area (Å²) in [6.07, 6.45) is 3.47. The highest BCUT2D eigenvalue weighted by Gasteiger charge is 2.12. The normalized spacial score (nSPS) is 12.4. The van der Waals surface area contributed by atoms with Gasteiger partial charge in [0, 0.05) is 0 Å². The van der Waals surface area contributed by atoms with Crippen LogP contribution in [-0.2, 0) is 0 Å². The second-order valence-electron chi connectivity index (χ2n) is 3.87. The van der Waals surface area contributed by atoms with Crippen LogP contribution in [0, 0.1) is 0 Å². The summed E-state index contributed by atoms with van der Waals surface area (Å²) >= 11 is 0. The molecule has 16 heavy (non-hydrogen) atoms. The van der Waals surface area contributed by atoms with Crippen LogP contribution in [0.3, 0.4) is 0 Å². The lowest BCUT2D eigenvalue weighted by molar-refractivity contribution is 0.411. The van der Waals surface area contributed by atoms with Crippen molar-refractivity contribution in [3.63, 3.8) is 0 Å².